The molecule has 3 fully saturated rings. The van der Waals surface area contributed by atoms with Crippen LogP contribution in [0.4, 0.5) is 4.79 Å². The minimum Gasteiger partial charge on any atom is -0.331 e. The fourth-order valence-corrected chi connectivity index (χ4v) is 4.93. The van der Waals surface area contributed by atoms with Crippen LogP contribution in [0.25, 0.3) is 0 Å². The Labute approximate surface area is 144 Å². The zero-order chi connectivity index (χ0) is 16.5. The van der Waals surface area contributed by atoms with Crippen LogP contribution >= 0.6 is 0 Å². The smallest absolute Gasteiger partial charge is 0.317 e. The van der Waals surface area contributed by atoms with Gasteiger partial charge in [-0.1, -0.05) is 6.42 Å². The van der Waals surface area contributed by atoms with E-state index in [0.29, 0.717) is 0 Å². The largest absolute Gasteiger partial charge is 0.331 e. The molecule has 5 heteroatoms. The summed E-state index contributed by atoms with van der Waals surface area (Å²) in [6, 6.07) is 4.79. The molecule has 3 aliphatic rings. The normalized spacial score (nSPS) is 31.2. The molecular formula is C19H28N4O. The van der Waals surface area contributed by atoms with Gasteiger partial charge in [-0.05, 0) is 55.7 Å². The van der Waals surface area contributed by atoms with Crippen LogP contribution < -0.4 is 5.32 Å². The summed E-state index contributed by atoms with van der Waals surface area (Å²) in [4.78, 5) is 21.2. The van der Waals surface area contributed by atoms with Gasteiger partial charge >= 0.3 is 6.03 Å². The third kappa shape index (κ3) is 3.14. The molecule has 0 radical (unpaired) electrons. The van der Waals surface area contributed by atoms with Crippen LogP contribution in [0.1, 0.15) is 44.2 Å². The highest BCUT2D eigenvalue weighted by Gasteiger charge is 2.42. The standard InChI is InChI=1S/C19H28N4O/c1-14(16-4-6-20-7-5-16)21-19(24)23-10-8-22(9-11-23)18-13-15-2-3-17(18)12-15/h4-7,14-15,17-18H,2-3,8-13H2,1H3,(H,21,24)/t14-,15+,17+,18-/m1/s1. The lowest BCUT2D eigenvalue weighted by atomic mass is 9.93. The van der Waals surface area contributed by atoms with E-state index in [1.807, 2.05) is 24.0 Å². The van der Waals surface area contributed by atoms with Crippen LogP contribution in [-0.2, 0) is 0 Å². The van der Waals surface area contributed by atoms with E-state index in [0.717, 1.165) is 49.6 Å². The predicted octanol–water partition coefficient (Wildman–Crippen LogP) is 2.66. The molecule has 5 nitrogen and oxygen atoms in total. The van der Waals surface area contributed by atoms with Crippen molar-refractivity contribution in [1.29, 1.82) is 0 Å². The Hall–Kier alpha value is -1.62. The van der Waals surface area contributed by atoms with Gasteiger partial charge in [-0.25, -0.2) is 4.79 Å². The molecule has 2 heterocycles. The van der Waals surface area contributed by atoms with Crippen molar-refractivity contribution in [3.05, 3.63) is 30.1 Å². The molecule has 1 aromatic rings. The second-order valence-corrected chi connectivity index (χ2v) is 7.72. The third-order valence-electron chi connectivity index (χ3n) is 6.32. The molecule has 130 valence electrons. The van der Waals surface area contributed by atoms with E-state index < -0.39 is 0 Å². The van der Waals surface area contributed by atoms with Gasteiger partial charge in [-0.3, -0.25) is 9.88 Å². The molecule has 1 N–H and O–H groups in total. The number of carbonyl (C=O) groups excluding carboxylic acids is 1. The Balaban J connectivity index is 1.27. The summed E-state index contributed by atoms with van der Waals surface area (Å²) in [6.07, 6.45) is 9.28. The number of fused-ring (bicyclic) bond motifs is 2. The summed E-state index contributed by atoms with van der Waals surface area (Å²) in [5, 5.41) is 3.12. The first-order valence-corrected chi connectivity index (χ1v) is 9.40. The molecule has 2 aliphatic carbocycles. The molecule has 2 bridgehead atoms. The van der Waals surface area contributed by atoms with Crippen molar-refractivity contribution in [2.24, 2.45) is 11.8 Å². The van der Waals surface area contributed by atoms with Crippen molar-refractivity contribution < 1.29 is 4.79 Å². The average Bonchev–Trinajstić information content (AvgIpc) is 3.26. The number of pyridine rings is 1. The number of nitrogens with zero attached hydrogens (tertiary/aromatic N) is 3. The van der Waals surface area contributed by atoms with Crippen molar-refractivity contribution >= 4 is 6.03 Å². The third-order valence-corrected chi connectivity index (χ3v) is 6.32. The summed E-state index contributed by atoms with van der Waals surface area (Å²) in [5.41, 5.74) is 1.10. The van der Waals surface area contributed by atoms with Gasteiger partial charge in [0.2, 0.25) is 0 Å². The van der Waals surface area contributed by atoms with Crippen LogP contribution in [0.3, 0.4) is 0 Å². The Morgan fingerprint density at radius 3 is 2.54 bits per heavy atom. The van der Waals surface area contributed by atoms with Crippen molar-refractivity contribution in [3.8, 4) is 0 Å². The van der Waals surface area contributed by atoms with Crippen LogP contribution in [-0.4, -0.2) is 53.0 Å². The maximum atomic E-state index is 12.5. The van der Waals surface area contributed by atoms with Crippen molar-refractivity contribution in [3.63, 3.8) is 0 Å². The number of rotatable bonds is 3. The highest BCUT2D eigenvalue weighted by Crippen LogP contribution is 2.46. The maximum Gasteiger partial charge on any atom is 0.317 e. The Morgan fingerprint density at radius 1 is 1.17 bits per heavy atom. The number of nitrogens with one attached hydrogen (secondary N) is 1. The minimum atomic E-state index is 0.0177. The van der Waals surface area contributed by atoms with E-state index in [2.05, 4.69) is 15.2 Å². The molecule has 0 spiro atoms. The van der Waals surface area contributed by atoms with E-state index in [9.17, 15) is 4.79 Å². The van der Waals surface area contributed by atoms with Gasteiger partial charge in [-0.15, -0.1) is 0 Å². The second-order valence-electron chi connectivity index (χ2n) is 7.72. The van der Waals surface area contributed by atoms with E-state index in [-0.39, 0.29) is 12.1 Å². The first kappa shape index (κ1) is 15.9. The summed E-state index contributed by atoms with van der Waals surface area (Å²) < 4.78 is 0. The van der Waals surface area contributed by atoms with Crippen molar-refractivity contribution in [2.75, 3.05) is 26.2 Å². The van der Waals surface area contributed by atoms with Gasteiger partial charge < -0.3 is 10.2 Å². The summed E-state index contributed by atoms with van der Waals surface area (Å²) >= 11 is 0. The van der Waals surface area contributed by atoms with E-state index in [1.165, 1.54) is 25.7 Å². The van der Waals surface area contributed by atoms with Crippen LogP contribution in [0.15, 0.2) is 24.5 Å². The molecule has 4 rings (SSSR count). The predicted molar refractivity (Wildman–Crippen MR) is 93.6 cm³/mol. The molecular weight excluding hydrogens is 300 g/mol. The monoisotopic (exact) mass is 328 g/mol. The number of aromatic nitrogens is 1. The number of carbonyl (C=O) groups is 1. The highest BCUT2D eigenvalue weighted by atomic mass is 16.2. The number of hydrogen-bond donors (Lipinski definition) is 1. The summed E-state index contributed by atoms with van der Waals surface area (Å²) in [6.45, 7) is 5.79. The van der Waals surface area contributed by atoms with Crippen LogP contribution in [0.2, 0.25) is 0 Å². The minimum absolute atomic E-state index is 0.0177. The van der Waals surface area contributed by atoms with Gasteiger partial charge in [0.25, 0.3) is 0 Å². The van der Waals surface area contributed by atoms with E-state index in [4.69, 9.17) is 0 Å². The number of hydrogen-bond acceptors (Lipinski definition) is 3. The Morgan fingerprint density at radius 2 is 1.92 bits per heavy atom. The highest BCUT2D eigenvalue weighted by molar-refractivity contribution is 5.74. The molecule has 1 saturated heterocycles. The maximum absolute atomic E-state index is 12.5. The van der Waals surface area contributed by atoms with Gasteiger partial charge in [0.1, 0.15) is 0 Å². The van der Waals surface area contributed by atoms with E-state index >= 15 is 0 Å². The molecule has 2 saturated carbocycles. The van der Waals surface area contributed by atoms with Crippen LogP contribution in [0.5, 0.6) is 0 Å². The fraction of sp³-hybridized carbons (Fsp3) is 0.684. The fourth-order valence-electron chi connectivity index (χ4n) is 4.93. The summed E-state index contributed by atoms with van der Waals surface area (Å²) in [7, 11) is 0. The van der Waals surface area contributed by atoms with Crippen molar-refractivity contribution in [1.82, 2.24) is 20.1 Å². The average molecular weight is 328 g/mol. The molecule has 1 aliphatic heterocycles. The van der Waals surface area contributed by atoms with E-state index in [1.54, 1.807) is 12.4 Å². The SMILES string of the molecule is C[C@@H](NC(=O)N1CCN([C@@H]2C[C@H]3CC[C@H]2C3)CC1)c1ccncc1. The van der Waals surface area contributed by atoms with Crippen molar-refractivity contribution in [2.45, 2.75) is 44.7 Å². The lowest BCUT2D eigenvalue weighted by Gasteiger charge is -2.41. The zero-order valence-electron chi connectivity index (χ0n) is 14.5. The van der Waals surface area contributed by atoms with Crippen LogP contribution in [0, 0.1) is 11.8 Å². The molecule has 24 heavy (non-hydrogen) atoms. The van der Waals surface area contributed by atoms with Gasteiger partial charge in [-0.2, -0.15) is 0 Å². The van der Waals surface area contributed by atoms with Gasteiger partial charge in [0.15, 0.2) is 0 Å². The summed E-state index contributed by atoms with van der Waals surface area (Å²) in [5.74, 6) is 1.92. The molecule has 1 aromatic heterocycles. The number of amides is 2. The zero-order valence-corrected chi connectivity index (χ0v) is 14.5. The first-order valence-electron chi connectivity index (χ1n) is 9.40. The number of urea groups is 1. The second kappa shape index (κ2) is 6.71. The Kier molecular flexibility index (Phi) is 4.44. The quantitative estimate of drug-likeness (QED) is 0.928. The molecule has 2 amide bonds. The van der Waals surface area contributed by atoms with Gasteiger partial charge in [0.05, 0.1) is 6.04 Å². The van der Waals surface area contributed by atoms with Gasteiger partial charge in [0, 0.05) is 44.6 Å². The Bertz CT molecular complexity index is 570. The molecule has 0 aromatic carbocycles. The number of piperazine rings is 1. The first-order chi connectivity index (χ1) is 11.7. The lowest BCUT2D eigenvalue weighted by molar-refractivity contribution is 0.0821. The topological polar surface area (TPSA) is 48.5 Å². The molecule has 4 atom stereocenters. The lowest BCUT2D eigenvalue weighted by Crippen LogP contribution is -2.55. The molecule has 0 unspecified atom stereocenters.